The first kappa shape index (κ1) is 19.9. The number of nitrogens with one attached hydrogen (secondary N) is 3. The second-order valence-electron chi connectivity index (χ2n) is 6.46. The molecule has 7 heteroatoms. The molecule has 0 atom stereocenters. The van der Waals surface area contributed by atoms with E-state index >= 15 is 0 Å². The van der Waals surface area contributed by atoms with Gasteiger partial charge in [0.2, 0.25) is 0 Å². The molecule has 2 aromatic rings. The number of rotatable bonds is 8. The van der Waals surface area contributed by atoms with Crippen molar-refractivity contribution >= 4 is 34.1 Å². The van der Waals surface area contributed by atoms with Crippen LogP contribution in [0.25, 0.3) is 10.9 Å². The Morgan fingerprint density at radius 2 is 1.96 bits per heavy atom. The molecule has 0 aliphatic rings. The third-order valence-electron chi connectivity index (χ3n) is 3.86. The monoisotopic (exact) mass is 370 g/mol. The molecule has 0 saturated carbocycles. The first-order valence-electron chi connectivity index (χ1n) is 8.71. The fraction of sp³-hybridized carbons (Fsp3) is 0.421. The predicted molar refractivity (Wildman–Crippen MR) is 111 cm³/mol. The number of anilines is 1. The van der Waals surface area contributed by atoms with E-state index in [-0.39, 0.29) is 0 Å². The molecule has 0 amide bonds. The number of hydrogen-bond acceptors (Lipinski definition) is 5. The van der Waals surface area contributed by atoms with Gasteiger partial charge in [0.05, 0.1) is 11.1 Å². The van der Waals surface area contributed by atoms with Gasteiger partial charge in [0, 0.05) is 25.0 Å². The van der Waals surface area contributed by atoms with Gasteiger partial charge in [-0.25, -0.2) is 4.98 Å². The second-order valence-corrected chi connectivity index (χ2v) is 6.87. The summed E-state index contributed by atoms with van der Waals surface area (Å²) >= 11 is 5.26. The Labute approximate surface area is 160 Å². The fourth-order valence-electron chi connectivity index (χ4n) is 2.51. The highest BCUT2D eigenvalue weighted by atomic mass is 32.1. The number of pyridine rings is 1. The van der Waals surface area contributed by atoms with Crippen molar-refractivity contribution in [3.63, 3.8) is 0 Å². The van der Waals surface area contributed by atoms with E-state index in [2.05, 4.69) is 46.0 Å². The van der Waals surface area contributed by atoms with Crippen LogP contribution in [0.3, 0.4) is 0 Å². The van der Waals surface area contributed by atoms with Gasteiger partial charge in [-0.1, -0.05) is 12.1 Å². The molecule has 0 fully saturated rings. The Balaban J connectivity index is 1.82. The largest absolute Gasteiger partial charge is 0.367 e. The molecule has 3 N–H and O–H groups in total. The summed E-state index contributed by atoms with van der Waals surface area (Å²) in [7, 11) is 4.11. The van der Waals surface area contributed by atoms with Crippen molar-refractivity contribution in [3.05, 3.63) is 35.4 Å². The van der Waals surface area contributed by atoms with Gasteiger partial charge < -0.3 is 20.9 Å². The molecule has 0 aliphatic heterocycles. The molecular weight excluding hydrogens is 344 g/mol. The lowest BCUT2D eigenvalue weighted by Crippen LogP contribution is -2.38. The summed E-state index contributed by atoms with van der Waals surface area (Å²) in [5, 5.41) is 20.5. The van der Waals surface area contributed by atoms with E-state index < -0.39 is 0 Å². The molecule has 1 aromatic carbocycles. The molecule has 0 spiro atoms. The quantitative estimate of drug-likeness (QED) is 0.486. The van der Waals surface area contributed by atoms with Crippen molar-refractivity contribution in [1.82, 2.24) is 20.5 Å². The molecular formula is C19H26N6S. The molecule has 26 heavy (non-hydrogen) atoms. The summed E-state index contributed by atoms with van der Waals surface area (Å²) in [5.41, 5.74) is 2.58. The number of fused-ring (bicyclic) bond motifs is 1. The van der Waals surface area contributed by atoms with Gasteiger partial charge in [-0.3, -0.25) is 0 Å². The number of nitriles is 1. The SMILES string of the molecule is Cc1ccc2cc(C#N)c(NCCNC(=S)NCCCN(C)C)nc2c1. The number of aromatic nitrogens is 1. The van der Waals surface area contributed by atoms with E-state index in [9.17, 15) is 5.26 Å². The fourth-order valence-corrected chi connectivity index (χ4v) is 2.72. The zero-order valence-corrected chi connectivity index (χ0v) is 16.4. The summed E-state index contributed by atoms with van der Waals surface area (Å²) in [4.78, 5) is 6.73. The summed E-state index contributed by atoms with van der Waals surface area (Å²) in [6.07, 6.45) is 1.04. The molecule has 1 aromatic heterocycles. The lowest BCUT2D eigenvalue weighted by molar-refractivity contribution is 0.400. The number of aryl methyl sites for hydroxylation is 1. The highest BCUT2D eigenvalue weighted by Gasteiger charge is 2.06. The maximum Gasteiger partial charge on any atom is 0.166 e. The molecule has 2 rings (SSSR count). The normalized spacial score (nSPS) is 10.6. The summed E-state index contributed by atoms with van der Waals surface area (Å²) in [5.74, 6) is 0.609. The van der Waals surface area contributed by atoms with Crippen LogP contribution in [-0.2, 0) is 0 Å². The van der Waals surface area contributed by atoms with E-state index in [1.54, 1.807) is 0 Å². The summed E-state index contributed by atoms with van der Waals surface area (Å²) < 4.78 is 0. The van der Waals surface area contributed by atoms with E-state index in [1.807, 2.05) is 31.2 Å². The number of thiocarbonyl (C=S) groups is 1. The topological polar surface area (TPSA) is 76.0 Å². The Morgan fingerprint density at radius 3 is 2.69 bits per heavy atom. The minimum absolute atomic E-state index is 0.547. The number of benzene rings is 1. The van der Waals surface area contributed by atoms with E-state index in [1.165, 1.54) is 0 Å². The molecule has 0 radical (unpaired) electrons. The molecule has 0 saturated heterocycles. The van der Waals surface area contributed by atoms with Crippen LogP contribution in [0.15, 0.2) is 24.3 Å². The van der Waals surface area contributed by atoms with Crippen LogP contribution in [0, 0.1) is 18.3 Å². The van der Waals surface area contributed by atoms with Crippen LogP contribution in [0.5, 0.6) is 0 Å². The zero-order chi connectivity index (χ0) is 18.9. The van der Waals surface area contributed by atoms with Gasteiger partial charge in [-0.2, -0.15) is 5.26 Å². The number of hydrogen-bond donors (Lipinski definition) is 3. The minimum atomic E-state index is 0.547. The van der Waals surface area contributed by atoms with Crippen LogP contribution in [0.1, 0.15) is 17.5 Å². The van der Waals surface area contributed by atoms with Crippen LogP contribution < -0.4 is 16.0 Å². The highest BCUT2D eigenvalue weighted by molar-refractivity contribution is 7.80. The zero-order valence-electron chi connectivity index (χ0n) is 15.6. The predicted octanol–water partition coefficient (Wildman–Crippen LogP) is 2.24. The van der Waals surface area contributed by atoms with Crippen LogP contribution in [0.4, 0.5) is 5.82 Å². The van der Waals surface area contributed by atoms with E-state index in [4.69, 9.17) is 12.2 Å². The van der Waals surface area contributed by atoms with E-state index in [0.717, 1.165) is 36.0 Å². The summed E-state index contributed by atoms with van der Waals surface area (Å²) in [6, 6.07) is 10.1. The highest BCUT2D eigenvalue weighted by Crippen LogP contribution is 2.20. The Hall–Kier alpha value is -2.43. The molecule has 138 valence electrons. The Bertz CT molecular complexity index is 796. The average molecular weight is 371 g/mol. The van der Waals surface area contributed by atoms with Crippen molar-refractivity contribution in [2.45, 2.75) is 13.3 Å². The van der Waals surface area contributed by atoms with Crippen molar-refractivity contribution in [2.75, 3.05) is 45.6 Å². The first-order chi connectivity index (χ1) is 12.5. The smallest absolute Gasteiger partial charge is 0.166 e. The summed E-state index contributed by atoms with van der Waals surface area (Å²) in [6.45, 7) is 5.18. The third kappa shape index (κ3) is 6.14. The standard InChI is InChI=1S/C19H26N6S/c1-14-5-6-15-12-16(13-20)18(24-17(15)11-14)21-8-9-23-19(26)22-7-4-10-25(2)3/h5-6,11-12H,4,7-10H2,1-3H3,(H,21,24)(H2,22,23,26). The van der Waals surface area contributed by atoms with Gasteiger partial charge in [-0.15, -0.1) is 0 Å². The molecule has 6 nitrogen and oxygen atoms in total. The third-order valence-corrected chi connectivity index (χ3v) is 4.15. The molecule has 0 unspecified atom stereocenters. The Morgan fingerprint density at radius 1 is 1.19 bits per heavy atom. The van der Waals surface area contributed by atoms with Crippen molar-refractivity contribution in [3.8, 4) is 6.07 Å². The lowest BCUT2D eigenvalue weighted by Gasteiger charge is -2.13. The second kappa shape index (κ2) is 9.90. The van der Waals surface area contributed by atoms with Crippen molar-refractivity contribution in [2.24, 2.45) is 0 Å². The Kier molecular flexibility index (Phi) is 7.57. The molecule has 0 bridgehead atoms. The van der Waals surface area contributed by atoms with Crippen LogP contribution in [0.2, 0.25) is 0 Å². The van der Waals surface area contributed by atoms with E-state index in [0.29, 0.717) is 29.6 Å². The van der Waals surface area contributed by atoms with Gasteiger partial charge in [-0.05, 0) is 63.9 Å². The molecule has 0 aliphatic carbocycles. The minimum Gasteiger partial charge on any atom is -0.367 e. The van der Waals surface area contributed by atoms with Crippen LogP contribution in [-0.4, -0.2) is 55.3 Å². The average Bonchev–Trinajstić information content (AvgIpc) is 2.61. The number of nitrogens with zero attached hydrogens (tertiary/aromatic N) is 3. The van der Waals surface area contributed by atoms with Crippen LogP contribution >= 0.6 is 12.2 Å². The lowest BCUT2D eigenvalue weighted by atomic mass is 10.1. The first-order valence-corrected chi connectivity index (χ1v) is 9.12. The maximum absolute atomic E-state index is 9.36. The molecule has 1 heterocycles. The van der Waals surface area contributed by atoms with Gasteiger partial charge in [0.25, 0.3) is 0 Å². The van der Waals surface area contributed by atoms with Gasteiger partial charge in [0.15, 0.2) is 5.11 Å². The van der Waals surface area contributed by atoms with Gasteiger partial charge >= 0.3 is 0 Å². The maximum atomic E-state index is 9.36. The van der Waals surface area contributed by atoms with Crippen molar-refractivity contribution < 1.29 is 0 Å². The van der Waals surface area contributed by atoms with Gasteiger partial charge in [0.1, 0.15) is 11.9 Å². The van der Waals surface area contributed by atoms with Crippen molar-refractivity contribution in [1.29, 1.82) is 5.26 Å².